The Balaban J connectivity index is 2.80. The quantitative estimate of drug-likeness (QED) is 0.726. The van der Waals surface area contributed by atoms with Gasteiger partial charge >= 0.3 is 11.9 Å². The van der Waals surface area contributed by atoms with Gasteiger partial charge < -0.3 is 14.8 Å². The molecular weight excluding hydrogens is 318 g/mol. The lowest BCUT2D eigenvalue weighted by Gasteiger charge is -2.20. The summed E-state index contributed by atoms with van der Waals surface area (Å²) in [6, 6.07) is 8.71. The van der Waals surface area contributed by atoms with Crippen molar-refractivity contribution in [1.82, 2.24) is 5.32 Å². The molecule has 7 heteroatoms. The third kappa shape index (κ3) is 6.73. The van der Waals surface area contributed by atoms with Crippen LogP contribution in [0.2, 0.25) is 0 Å². The number of hydrogen-bond donors (Lipinski definition) is 1. The van der Waals surface area contributed by atoms with E-state index in [4.69, 9.17) is 9.47 Å². The van der Waals surface area contributed by atoms with Crippen LogP contribution in [-0.2, 0) is 23.9 Å². The van der Waals surface area contributed by atoms with E-state index in [2.05, 4.69) is 5.32 Å². The van der Waals surface area contributed by atoms with Gasteiger partial charge in [-0.25, -0.2) is 4.79 Å². The molecule has 1 amide bonds. The zero-order chi connectivity index (χ0) is 17.2. The van der Waals surface area contributed by atoms with Gasteiger partial charge in [-0.15, -0.1) is 0 Å². The minimum absolute atomic E-state index is 0.176. The minimum Gasteiger partial charge on any atom is -0.469 e. The van der Waals surface area contributed by atoms with Crippen LogP contribution in [0.4, 0.5) is 0 Å². The average molecular weight is 339 g/mol. The Morgan fingerprint density at radius 2 is 1.78 bits per heavy atom. The number of nitrogens with one attached hydrogen (secondary N) is 1. The summed E-state index contributed by atoms with van der Waals surface area (Å²) in [7, 11) is 2.61. The molecule has 1 rings (SSSR count). The molecule has 126 valence electrons. The van der Waals surface area contributed by atoms with E-state index < -0.39 is 12.0 Å². The molecule has 0 aliphatic carbocycles. The van der Waals surface area contributed by atoms with Crippen LogP contribution in [0, 0.1) is 0 Å². The highest BCUT2D eigenvalue weighted by Gasteiger charge is 2.24. The van der Waals surface area contributed by atoms with E-state index in [-0.39, 0.29) is 23.5 Å². The van der Waals surface area contributed by atoms with Crippen LogP contribution >= 0.6 is 11.8 Å². The zero-order valence-electron chi connectivity index (χ0n) is 13.4. The number of carbonyl (C=O) groups is 3. The fourth-order valence-corrected chi connectivity index (χ4v) is 3.19. The van der Waals surface area contributed by atoms with E-state index in [1.807, 2.05) is 30.3 Å². The van der Waals surface area contributed by atoms with Crippen molar-refractivity contribution in [2.75, 3.05) is 20.0 Å². The van der Waals surface area contributed by atoms with Gasteiger partial charge in [0, 0.05) is 17.9 Å². The Labute approximate surface area is 139 Å². The van der Waals surface area contributed by atoms with Crippen LogP contribution in [0.15, 0.2) is 30.3 Å². The van der Waals surface area contributed by atoms with Crippen LogP contribution in [-0.4, -0.2) is 43.9 Å². The van der Waals surface area contributed by atoms with Crippen molar-refractivity contribution >= 4 is 29.6 Å². The molecule has 1 aromatic carbocycles. The molecule has 0 saturated heterocycles. The van der Waals surface area contributed by atoms with Crippen molar-refractivity contribution < 1.29 is 23.9 Å². The summed E-state index contributed by atoms with van der Waals surface area (Å²) in [5.41, 5.74) is 0.953. The lowest BCUT2D eigenvalue weighted by atomic mass is 10.1. The van der Waals surface area contributed by atoms with Crippen LogP contribution in [0.5, 0.6) is 0 Å². The Hall–Kier alpha value is -2.02. The molecule has 0 aromatic heterocycles. The van der Waals surface area contributed by atoms with Crippen LogP contribution in [0.1, 0.15) is 24.2 Å². The first-order chi connectivity index (χ1) is 11.0. The fourth-order valence-electron chi connectivity index (χ4n) is 1.94. The summed E-state index contributed by atoms with van der Waals surface area (Å²) in [6.07, 6.45) is 0.180. The van der Waals surface area contributed by atoms with Crippen molar-refractivity contribution in [1.29, 1.82) is 0 Å². The van der Waals surface area contributed by atoms with Crippen molar-refractivity contribution in [2.24, 2.45) is 0 Å². The Bertz CT molecular complexity index is 535. The summed E-state index contributed by atoms with van der Waals surface area (Å²) >= 11 is 1.40. The predicted molar refractivity (Wildman–Crippen MR) is 87.9 cm³/mol. The number of amides is 1. The second kappa shape index (κ2) is 9.89. The second-order valence-electron chi connectivity index (χ2n) is 4.79. The molecule has 0 heterocycles. The van der Waals surface area contributed by atoms with Gasteiger partial charge in [-0.2, -0.15) is 11.8 Å². The van der Waals surface area contributed by atoms with E-state index in [1.54, 1.807) is 0 Å². The van der Waals surface area contributed by atoms with Crippen molar-refractivity contribution in [2.45, 2.75) is 24.6 Å². The van der Waals surface area contributed by atoms with Gasteiger partial charge in [0.05, 0.1) is 20.6 Å². The number of carbonyl (C=O) groups excluding carboxylic acids is 3. The fraction of sp³-hybridized carbons (Fsp3) is 0.438. The van der Waals surface area contributed by atoms with Gasteiger partial charge in [0.1, 0.15) is 6.04 Å². The van der Waals surface area contributed by atoms with E-state index in [9.17, 15) is 14.4 Å². The molecule has 0 radical (unpaired) electrons. The maximum absolute atomic E-state index is 11.7. The smallest absolute Gasteiger partial charge is 0.329 e. The predicted octanol–water partition coefficient (Wildman–Crippen LogP) is 1.70. The highest BCUT2D eigenvalue weighted by Crippen LogP contribution is 2.32. The molecular formula is C16H21NO5S. The SMILES string of the molecule is COC(=O)CC(SCC(NC(C)=O)C(=O)OC)c1ccccc1. The molecule has 0 fully saturated rings. The molecule has 2 unspecified atom stereocenters. The van der Waals surface area contributed by atoms with Gasteiger partial charge in [-0.1, -0.05) is 30.3 Å². The highest BCUT2D eigenvalue weighted by atomic mass is 32.2. The van der Waals surface area contributed by atoms with Crippen LogP contribution in [0.3, 0.4) is 0 Å². The molecule has 0 spiro atoms. The topological polar surface area (TPSA) is 81.7 Å². The maximum Gasteiger partial charge on any atom is 0.329 e. The normalized spacial score (nSPS) is 12.8. The van der Waals surface area contributed by atoms with Gasteiger partial charge in [-0.3, -0.25) is 9.59 Å². The molecule has 23 heavy (non-hydrogen) atoms. The zero-order valence-corrected chi connectivity index (χ0v) is 14.2. The Kier molecular flexibility index (Phi) is 8.18. The standard InChI is InChI=1S/C16H21NO5S/c1-11(18)17-13(16(20)22-3)10-23-14(9-15(19)21-2)12-7-5-4-6-8-12/h4-8,13-14H,9-10H2,1-3H3,(H,17,18). The van der Waals surface area contributed by atoms with E-state index in [1.165, 1.54) is 32.9 Å². The van der Waals surface area contributed by atoms with E-state index >= 15 is 0 Å². The first-order valence-corrected chi connectivity index (χ1v) is 8.11. The summed E-state index contributed by atoms with van der Waals surface area (Å²) in [4.78, 5) is 34.6. The van der Waals surface area contributed by atoms with Crippen molar-refractivity contribution in [3.8, 4) is 0 Å². The Morgan fingerprint density at radius 3 is 2.30 bits per heavy atom. The minimum atomic E-state index is -0.758. The first-order valence-electron chi connectivity index (χ1n) is 7.06. The highest BCUT2D eigenvalue weighted by molar-refractivity contribution is 7.99. The lowest BCUT2D eigenvalue weighted by Crippen LogP contribution is -2.42. The van der Waals surface area contributed by atoms with Gasteiger partial charge in [-0.05, 0) is 5.56 Å². The van der Waals surface area contributed by atoms with Crippen LogP contribution in [0.25, 0.3) is 0 Å². The van der Waals surface area contributed by atoms with E-state index in [0.29, 0.717) is 5.75 Å². The Morgan fingerprint density at radius 1 is 1.13 bits per heavy atom. The number of ether oxygens (including phenoxy) is 2. The summed E-state index contributed by atoms with van der Waals surface area (Å²) < 4.78 is 9.42. The number of benzene rings is 1. The lowest BCUT2D eigenvalue weighted by molar-refractivity contribution is -0.144. The number of esters is 2. The average Bonchev–Trinajstić information content (AvgIpc) is 2.56. The molecule has 1 N–H and O–H groups in total. The summed E-state index contributed by atoms with van der Waals surface area (Å²) in [5, 5.41) is 2.38. The van der Waals surface area contributed by atoms with E-state index in [0.717, 1.165) is 5.56 Å². The monoisotopic (exact) mass is 339 g/mol. The van der Waals surface area contributed by atoms with Crippen molar-refractivity contribution in [3.63, 3.8) is 0 Å². The van der Waals surface area contributed by atoms with Gasteiger partial charge in [0.2, 0.25) is 5.91 Å². The number of rotatable bonds is 8. The third-order valence-corrected chi connectivity index (χ3v) is 4.45. The maximum atomic E-state index is 11.7. The molecule has 2 atom stereocenters. The molecule has 0 saturated carbocycles. The first kappa shape index (κ1) is 19.0. The third-order valence-electron chi connectivity index (χ3n) is 3.08. The van der Waals surface area contributed by atoms with Gasteiger partial charge in [0.25, 0.3) is 0 Å². The summed E-state index contributed by atoms with van der Waals surface area (Å²) in [6.45, 7) is 1.34. The molecule has 0 aliphatic rings. The number of hydrogen-bond acceptors (Lipinski definition) is 6. The molecule has 1 aromatic rings. The largest absolute Gasteiger partial charge is 0.469 e. The molecule has 6 nitrogen and oxygen atoms in total. The molecule has 0 aliphatic heterocycles. The van der Waals surface area contributed by atoms with Gasteiger partial charge in [0.15, 0.2) is 0 Å². The number of methoxy groups -OCH3 is 2. The second-order valence-corrected chi connectivity index (χ2v) is 6.02. The van der Waals surface area contributed by atoms with Crippen molar-refractivity contribution in [3.05, 3.63) is 35.9 Å². The summed E-state index contributed by atoms with van der Waals surface area (Å²) in [5.74, 6) is -0.869. The van der Waals surface area contributed by atoms with Crippen LogP contribution < -0.4 is 5.32 Å². The molecule has 0 bridgehead atoms. The number of thioether (sulfide) groups is 1.